The van der Waals surface area contributed by atoms with Crippen molar-refractivity contribution in [2.75, 3.05) is 13.2 Å². The number of benzene rings is 1. The summed E-state index contributed by atoms with van der Waals surface area (Å²) in [5.74, 6) is -2.27. The topological polar surface area (TPSA) is 92.8 Å². The molecule has 0 radical (unpaired) electrons. The van der Waals surface area contributed by atoms with Crippen molar-refractivity contribution < 1.29 is 23.9 Å². The molecule has 1 unspecified atom stereocenters. The van der Waals surface area contributed by atoms with Crippen LogP contribution in [0.5, 0.6) is 0 Å². The zero-order chi connectivity index (χ0) is 19.3. The largest absolute Gasteiger partial charge is 0.454 e. The van der Waals surface area contributed by atoms with Crippen LogP contribution in [0, 0.1) is 5.92 Å². The molecule has 0 saturated heterocycles. The van der Waals surface area contributed by atoms with Crippen molar-refractivity contribution in [3.8, 4) is 0 Å². The number of fused-ring (bicyclic) bond motifs is 1. The third-order valence-electron chi connectivity index (χ3n) is 3.89. The van der Waals surface area contributed by atoms with Crippen LogP contribution < -0.4 is 5.32 Å². The third-order valence-corrected chi connectivity index (χ3v) is 3.89. The van der Waals surface area contributed by atoms with Gasteiger partial charge in [0, 0.05) is 6.54 Å². The van der Waals surface area contributed by atoms with Crippen LogP contribution in [0.4, 0.5) is 0 Å². The molecule has 26 heavy (non-hydrogen) atoms. The first-order valence-electron chi connectivity index (χ1n) is 8.38. The molecule has 0 aromatic heterocycles. The van der Waals surface area contributed by atoms with Gasteiger partial charge in [0.15, 0.2) is 6.61 Å². The number of nitrogens with one attached hydrogen (secondary N) is 1. The fourth-order valence-electron chi connectivity index (χ4n) is 2.71. The molecule has 1 aromatic carbocycles. The fraction of sp³-hybridized carbons (Fsp3) is 0.368. The summed E-state index contributed by atoms with van der Waals surface area (Å²) in [5.41, 5.74) is 0.533. The van der Waals surface area contributed by atoms with E-state index >= 15 is 0 Å². The van der Waals surface area contributed by atoms with Crippen LogP contribution >= 0.6 is 0 Å². The van der Waals surface area contributed by atoms with Crippen LogP contribution in [0.3, 0.4) is 0 Å². The molecule has 0 fully saturated rings. The van der Waals surface area contributed by atoms with Crippen LogP contribution in [0.2, 0.25) is 0 Å². The summed E-state index contributed by atoms with van der Waals surface area (Å²) >= 11 is 0. The minimum atomic E-state index is -1.07. The van der Waals surface area contributed by atoms with Gasteiger partial charge in [-0.05, 0) is 24.5 Å². The number of carbonyl (C=O) groups excluding carboxylic acids is 4. The second kappa shape index (κ2) is 8.42. The molecule has 1 heterocycles. The predicted octanol–water partition coefficient (Wildman–Crippen LogP) is 1.54. The Kier molecular flexibility index (Phi) is 6.27. The van der Waals surface area contributed by atoms with Crippen LogP contribution in [-0.2, 0) is 14.3 Å². The maximum absolute atomic E-state index is 12.6. The van der Waals surface area contributed by atoms with Crippen molar-refractivity contribution in [2.45, 2.75) is 26.3 Å². The Balaban J connectivity index is 2.16. The van der Waals surface area contributed by atoms with Crippen molar-refractivity contribution >= 4 is 23.7 Å². The minimum Gasteiger partial charge on any atom is -0.454 e. The van der Waals surface area contributed by atoms with E-state index in [4.69, 9.17) is 4.74 Å². The molecule has 7 heteroatoms. The van der Waals surface area contributed by atoms with E-state index in [0.29, 0.717) is 0 Å². The Morgan fingerprint density at radius 1 is 1.19 bits per heavy atom. The summed E-state index contributed by atoms with van der Waals surface area (Å²) in [6, 6.07) is 5.35. The quantitative estimate of drug-likeness (QED) is 0.432. The number of esters is 1. The van der Waals surface area contributed by atoms with Crippen LogP contribution in [-0.4, -0.2) is 47.8 Å². The van der Waals surface area contributed by atoms with Crippen molar-refractivity contribution in [1.29, 1.82) is 0 Å². The first kappa shape index (κ1) is 19.4. The van der Waals surface area contributed by atoms with E-state index < -0.39 is 36.3 Å². The average Bonchev–Trinajstić information content (AvgIpc) is 2.87. The summed E-state index contributed by atoms with van der Waals surface area (Å²) < 4.78 is 5.04. The van der Waals surface area contributed by atoms with Crippen molar-refractivity contribution in [1.82, 2.24) is 10.2 Å². The molecule has 7 nitrogen and oxygen atoms in total. The Bertz CT molecular complexity index is 706. The number of nitrogens with zero attached hydrogens (tertiary/aromatic N) is 1. The molecule has 1 aliphatic heterocycles. The van der Waals surface area contributed by atoms with Crippen molar-refractivity contribution in [2.24, 2.45) is 5.92 Å². The van der Waals surface area contributed by atoms with Gasteiger partial charge in [0.2, 0.25) is 0 Å². The zero-order valence-electron chi connectivity index (χ0n) is 14.9. The first-order valence-corrected chi connectivity index (χ1v) is 8.38. The van der Waals surface area contributed by atoms with E-state index in [2.05, 4.69) is 11.9 Å². The molecule has 3 amide bonds. The van der Waals surface area contributed by atoms with Crippen LogP contribution in [0.25, 0.3) is 0 Å². The lowest BCUT2D eigenvalue weighted by molar-refractivity contribution is -0.152. The van der Waals surface area contributed by atoms with Crippen LogP contribution in [0.15, 0.2) is 36.9 Å². The predicted molar refractivity (Wildman–Crippen MR) is 94.4 cm³/mol. The van der Waals surface area contributed by atoms with E-state index in [0.717, 1.165) is 4.90 Å². The van der Waals surface area contributed by atoms with E-state index in [1.807, 2.05) is 13.8 Å². The van der Waals surface area contributed by atoms with E-state index in [1.54, 1.807) is 24.3 Å². The van der Waals surface area contributed by atoms with Crippen molar-refractivity contribution in [3.05, 3.63) is 48.0 Å². The minimum absolute atomic E-state index is 0.0338. The number of rotatable bonds is 8. The molecule has 1 N–H and O–H groups in total. The van der Waals surface area contributed by atoms with Gasteiger partial charge in [-0.3, -0.25) is 19.3 Å². The van der Waals surface area contributed by atoms with E-state index in [9.17, 15) is 19.2 Å². The molecular weight excluding hydrogens is 336 g/mol. The zero-order valence-corrected chi connectivity index (χ0v) is 14.9. The van der Waals surface area contributed by atoms with Gasteiger partial charge in [0.05, 0.1) is 11.1 Å². The standard InChI is InChI=1S/C19H22N2O5/c1-4-9-20-16(22)11-26-19(25)15(10-12(2)3)21-17(23)13-7-5-6-8-14(13)18(21)24/h4-8,12,15H,1,9-11H2,2-3H3,(H,20,22). The molecule has 1 aliphatic rings. The number of ether oxygens (including phenoxy) is 1. The summed E-state index contributed by atoms with van der Waals surface area (Å²) in [4.78, 5) is 50.3. The lowest BCUT2D eigenvalue weighted by atomic mass is 10.0. The van der Waals surface area contributed by atoms with Crippen LogP contribution in [0.1, 0.15) is 41.0 Å². The first-order chi connectivity index (χ1) is 12.4. The Morgan fingerprint density at radius 3 is 2.27 bits per heavy atom. The summed E-state index contributed by atoms with van der Waals surface area (Å²) in [7, 11) is 0. The van der Waals surface area contributed by atoms with Gasteiger partial charge in [-0.2, -0.15) is 0 Å². The van der Waals surface area contributed by atoms with E-state index in [-0.39, 0.29) is 30.0 Å². The molecule has 1 atom stereocenters. The Morgan fingerprint density at radius 2 is 1.77 bits per heavy atom. The maximum atomic E-state index is 12.6. The van der Waals surface area contributed by atoms with Crippen molar-refractivity contribution in [3.63, 3.8) is 0 Å². The lowest BCUT2D eigenvalue weighted by Gasteiger charge is -2.25. The lowest BCUT2D eigenvalue weighted by Crippen LogP contribution is -2.47. The smallest absolute Gasteiger partial charge is 0.329 e. The molecule has 0 aliphatic carbocycles. The number of carbonyl (C=O) groups is 4. The highest BCUT2D eigenvalue weighted by Crippen LogP contribution is 2.27. The van der Waals surface area contributed by atoms with Gasteiger partial charge in [-0.15, -0.1) is 6.58 Å². The van der Waals surface area contributed by atoms with Gasteiger partial charge in [0.25, 0.3) is 17.7 Å². The second-order valence-electron chi connectivity index (χ2n) is 6.37. The van der Waals surface area contributed by atoms with Gasteiger partial charge >= 0.3 is 5.97 Å². The number of hydrogen-bond donors (Lipinski definition) is 1. The molecule has 0 bridgehead atoms. The molecule has 138 valence electrons. The van der Waals surface area contributed by atoms with E-state index in [1.165, 1.54) is 6.08 Å². The second-order valence-corrected chi connectivity index (χ2v) is 6.37. The normalized spacial score (nSPS) is 14.2. The highest BCUT2D eigenvalue weighted by Gasteiger charge is 2.43. The molecule has 1 aromatic rings. The van der Waals surface area contributed by atoms with Gasteiger partial charge in [0.1, 0.15) is 6.04 Å². The monoisotopic (exact) mass is 358 g/mol. The Labute approximate surface area is 152 Å². The summed E-state index contributed by atoms with van der Waals surface area (Å²) in [6.45, 7) is 6.99. The summed E-state index contributed by atoms with van der Waals surface area (Å²) in [5, 5.41) is 2.49. The molecule has 0 saturated carbocycles. The highest BCUT2D eigenvalue weighted by atomic mass is 16.5. The number of imide groups is 1. The SMILES string of the molecule is C=CCNC(=O)COC(=O)C(CC(C)C)N1C(=O)c2ccccc2C1=O. The average molecular weight is 358 g/mol. The third kappa shape index (κ3) is 4.17. The van der Waals surface area contributed by atoms with Gasteiger partial charge in [-0.1, -0.05) is 32.1 Å². The number of hydrogen-bond acceptors (Lipinski definition) is 5. The fourth-order valence-corrected chi connectivity index (χ4v) is 2.71. The molecular formula is C19H22N2O5. The molecule has 0 spiro atoms. The Hall–Kier alpha value is -2.96. The van der Waals surface area contributed by atoms with Gasteiger partial charge in [-0.25, -0.2) is 4.79 Å². The summed E-state index contributed by atoms with van der Waals surface area (Å²) in [6.07, 6.45) is 1.75. The molecule has 2 rings (SSSR count). The highest BCUT2D eigenvalue weighted by molar-refractivity contribution is 6.22. The number of amides is 3. The maximum Gasteiger partial charge on any atom is 0.329 e. The van der Waals surface area contributed by atoms with Gasteiger partial charge < -0.3 is 10.1 Å².